The van der Waals surface area contributed by atoms with E-state index in [1.165, 1.54) is 6.08 Å². The Bertz CT molecular complexity index is 997. The van der Waals surface area contributed by atoms with Gasteiger partial charge in [-0.15, -0.1) is 0 Å². The lowest BCUT2D eigenvalue weighted by Gasteiger charge is -2.24. The molecule has 41 heavy (non-hydrogen) atoms. The molecule has 0 aromatic heterocycles. The van der Waals surface area contributed by atoms with Crippen molar-refractivity contribution in [3.8, 4) is 0 Å². The first-order valence-corrected chi connectivity index (χ1v) is 14.8. The summed E-state index contributed by atoms with van der Waals surface area (Å²) in [7, 11) is 0. The molecule has 6 atom stereocenters. The molecule has 1 rings (SSSR count). The van der Waals surface area contributed by atoms with Gasteiger partial charge in [-0.1, -0.05) is 86.1 Å². The third kappa shape index (κ3) is 16.3. The Hall–Kier alpha value is -2.74. The number of esters is 2. The summed E-state index contributed by atoms with van der Waals surface area (Å²) >= 11 is 0. The van der Waals surface area contributed by atoms with Crippen molar-refractivity contribution < 1.29 is 34.4 Å². The maximum absolute atomic E-state index is 12.6. The number of aliphatic hydroxyl groups is 3. The summed E-state index contributed by atoms with van der Waals surface area (Å²) in [6.07, 6.45) is 16.3. The highest BCUT2D eigenvalue weighted by molar-refractivity contribution is 5.82. The molecule has 0 saturated carbocycles. The molecule has 230 valence electrons. The molecule has 1 aliphatic heterocycles. The van der Waals surface area contributed by atoms with Crippen LogP contribution in [0.25, 0.3) is 0 Å². The van der Waals surface area contributed by atoms with Crippen molar-refractivity contribution in [3.63, 3.8) is 0 Å². The lowest BCUT2D eigenvalue weighted by molar-refractivity contribution is -0.151. The Morgan fingerprint density at radius 1 is 1.02 bits per heavy atom. The SMILES string of the molecule is CC(=C\C=C\C(C)=C\[C@H](O)[C@@H](O)C[C@@H](C)O)/C=C(C)/C=C/C(=O)O[C@H]1CCCC(=O)O[C@@H](C(C)C)C/C=C\C[C@@H]1C. The first-order valence-electron chi connectivity index (χ1n) is 14.8. The summed E-state index contributed by atoms with van der Waals surface area (Å²) in [5.41, 5.74) is 2.62. The maximum Gasteiger partial charge on any atom is 0.331 e. The van der Waals surface area contributed by atoms with Crippen molar-refractivity contribution in [2.75, 3.05) is 0 Å². The zero-order chi connectivity index (χ0) is 30.9. The van der Waals surface area contributed by atoms with Crippen LogP contribution in [0.15, 0.2) is 71.4 Å². The van der Waals surface area contributed by atoms with Gasteiger partial charge in [0.05, 0.1) is 18.3 Å². The molecule has 0 amide bonds. The van der Waals surface area contributed by atoms with Crippen LogP contribution in [0.3, 0.4) is 0 Å². The van der Waals surface area contributed by atoms with Crippen molar-refractivity contribution in [1.29, 1.82) is 0 Å². The molecule has 0 unspecified atom stereocenters. The Balaban J connectivity index is 2.73. The zero-order valence-electron chi connectivity index (χ0n) is 26.0. The van der Waals surface area contributed by atoms with E-state index in [1.54, 1.807) is 19.1 Å². The number of hydrogen-bond acceptors (Lipinski definition) is 7. The van der Waals surface area contributed by atoms with Gasteiger partial charge in [-0.3, -0.25) is 4.79 Å². The minimum absolute atomic E-state index is 0.102. The van der Waals surface area contributed by atoms with E-state index in [0.29, 0.717) is 25.7 Å². The van der Waals surface area contributed by atoms with Crippen LogP contribution in [0.1, 0.15) is 87.0 Å². The van der Waals surface area contributed by atoms with Crippen molar-refractivity contribution in [1.82, 2.24) is 0 Å². The molecule has 1 heterocycles. The second-order valence-electron chi connectivity index (χ2n) is 11.6. The lowest BCUT2D eigenvalue weighted by Crippen LogP contribution is -2.27. The molecule has 0 saturated heterocycles. The molecular weight excluding hydrogens is 520 g/mol. The Labute approximate surface area is 247 Å². The first-order chi connectivity index (χ1) is 19.3. The van der Waals surface area contributed by atoms with Crippen LogP contribution in [0.2, 0.25) is 0 Å². The summed E-state index contributed by atoms with van der Waals surface area (Å²) in [5.74, 6) is -0.228. The van der Waals surface area contributed by atoms with Gasteiger partial charge in [0.25, 0.3) is 0 Å². The zero-order valence-corrected chi connectivity index (χ0v) is 26.0. The molecule has 0 bridgehead atoms. The van der Waals surface area contributed by atoms with Gasteiger partial charge in [0.1, 0.15) is 12.2 Å². The third-order valence-electron chi connectivity index (χ3n) is 6.91. The third-order valence-corrected chi connectivity index (χ3v) is 6.91. The van der Waals surface area contributed by atoms with E-state index in [-0.39, 0.29) is 36.4 Å². The number of ether oxygens (including phenoxy) is 2. The van der Waals surface area contributed by atoms with E-state index in [0.717, 1.165) is 23.1 Å². The van der Waals surface area contributed by atoms with E-state index >= 15 is 0 Å². The van der Waals surface area contributed by atoms with Gasteiger partial charge < -0.3 is 24.8 Å². The minimum atomic E-state index is -1.05. The van der Waals surface area contributed by atoms with Gasteiger partial charge in [0, 0.05) is 25.3 Å². The van der Waals surface area contributed by atoms with Crippen molar-refractivity contribution in [3.05, 3.63) is 71.4 Å². The number of rotatable bonds is 11. The molecule has 3 N–H and O–H groups in total. The minimum Gasteiger partial charge on any atom is -0.462 e. The molecule has 0 aromatic carbocycles. The lowest BCUT2D eigenvalue weighted by atomic mass is 9.94. The summed E-state index contributed by atoms with van der Waals surface area (Å²) in [6, 6.07) is 0. The van der Waals surface area contributed by atoms with Crippen LogP contribution in [0, 0.1) is 11.8 Å². The molecule has 0 radical (unpaired) electrons. The normalized spacial score (nSPS) is 25.4. The van der Waals surface area contributed by atoms with E-state index in [4.69, 9.17) is 9.47 Å². The molecule has 1 aliphatic rings. The number of carbonyl (C=O) groups is 2. The summed E-state index contributed by atoms with van der Waals surface area (Å²) < 4.78 is 11.4. The van der Waals surface area contributed by atoms with Crippen molar-refractivity contribution >= 4 is 11.9 Å². The van der Waals surface area contributed by atoms with Crippen molar-refractivity contribution in [2.45, 2.75) is 118 Å². The topological polar surface area (TPSA) is 113 Å². The molecular formula is C34H52O7. The molecule has 0 aromatic rings. The molecule has 7 nitrogen and oxygen atoms in total. The number of cyclic esters (lactones) is 1. The molecule has 0 aliphatic carbocycles. The first kappa shape index (κ1) is 36.3. The standard InChI is InChI=1S/C34H52O7/c1-23(2)31-15-9-8-14-27(6)32(16-11-17-33(38)40-31)41-34(39)19-18-26(5)20-24(3)12-10-13-25(4)21-29(36)30(37)22-28(7)35/h8-10,12-13,18-21,23,27-32,35-37H,11,14-17,22H2,1-7H3/b9-8-,13-10+,19-18+,24-12+,25-21+,26-20+/t27-,28+,29-,30-,31+,32-/m0/s1. The van der Waals surface area contributed by atoms with Crippen LogP contribution >= 0.6 is 0 Å². The largest absolute Gasteiger partial charge is 0.462 e. The Morgan fingerprint density at radius 2 is 1.71 bits per heavy atom. The van der Waals surface area contributed by atoms with Crippen LogP contribution < -0.4 is 0 Å². The van der Waals surface area contributed by atoms with Gasteiger partial charge in [-0.2, -0.15) is 0 Å². The Kier molecular flexibility index (Phi) is 17.2. The number of allylic oxidation sites excluding steroid dienone is 9. The van der Waals surface area contributed by atoms with E-state index in [9.17, 15) is 24.9 Å². The highest BCUT2D eigenvalue weighted by atomic mass is 16.5. The number of hydrogen-bond donors (Lipinski definition) is 3. The van der Waals surface area contributed by atoms with Crippen LogP contribution in [0.4, 0.5) is 0 Å². The predicted octanol–water partition coefficient (Wildman–Crippen LogP) is 6.07. The van der Waals surface area contributed by atoms with Crippen LogP contribution in [0.5, 0.6) is 0 Å². The number of aliphatic hydroxyl groups excluding tert-OH is 3. The number of carbonyl (C=O) groups excluding carboxylic acids is 2. The monoisotopic (exact) mass is 572 g/mol. The van der Waals surface area contributed by atoms with Gasteiger partial charge in [0.2, 0.25) is 0 Å². The highest BCUT2D eigenvalue weighted by Gasteiger charge is 2.23. The summed E-state index contributed by atoms with van der Waals surface area (Å²) in [4.78, 5) is 24.9. The fourth-order valence-corrected chi connectivity index (χ4v) is 4.40. The van der Waals surface area contributed by atoms with Gasteiger partial charge in [-0.05, 0) is 58.8 Å². The maximum atomic E-state index is 12.6. The Morgan fingerprint density at radius 3 is 2.37 bits per heavy atom. The summed E-state index contributed by atoms with van der Waals surface area (Å²) in [5, 5.41) is 29.3. The average molecular weight is 573 g/mol. The molecule has 0 fully saturated rings. The smallest absolute Gasteiger partial charge is 0.331 e. The average Bonchev–Trinajstić information content (AvgIpc) is 2.87. The predicted molar refractivity (Wildman–Crippen MR) is 164 cm³/mol. The van der Waals surface area contributed by atoms with E-state index in [1.807, 2.05) is 45.1 Å². The van der Waals surface area contributed by atoms with Gasteiger partial charge in [0.15, 0.2) is 0 Å². The summed E-state index contributed by atoms with van der Waals surface area (Å²) in [6.45, 7) is 13.4. The highest BCUT2D eigenvalue weighted by Crippen LogP contribution is 2.22. The second kappa shape index (κ2) is 19.4. The van der Waals surface area contributed by atoms with Gasteiger partial charge in [-0.25, -0.2) is 4.79 Å². The van der Waals surface area contributed by atoms with Crippen molar-refractivity contribution in [2.24, 2.45) is 11.8 Å². The fourth-order valence-electron chi connectivity index (χ4n) is 4.40. The van der Waals surface area contributed by atoms with Gasteiger partial charge >= 0.3 is 11.9 Å². The fraction of sp³-hybridized carbons (Fsp3) is 0.588. The van der Waals surface area contributed by atoms with Crippen LogP contribution in [-0.2, 0) is 19.1 Å². The molecule has 0 spiro atoms. The quantitative estimate of drug-likeness (QED) is 0.119. The second-order valence-corrected chi connectivity index (χ2v) is 11.6. The molecule has 7 heteroatoms. The van der Waals surface area contributed by atoms with E-state index < -0.39 is 24.3 Å². The van der Waals surface area contributed by atoms with Crippen LogP contribution in [-0.4, -0.2) is 57.8 Å². The van der Waals surface area contributed by atoms with E-state index in [2.05, 4.69) is 32.9 Å².